The van der Waals surface area contributed by atoms with E-state index in [2.05, 4.69) is 38.1 Å². The van der Waals surface area contributed by atoms with Crippen molar-refractivity contribution in [3.63, 3.8) is 0 Å². The summed E-state index contributed by atoms with van der Waals surface area (Å²) in [6.07, 6.45) is 5.59. The first-order valence-electron chi connectivity index (χ1n) is 11.2. The zero-order chi connectivity index (χ0) is 20.5. The van der Waals surface area contributed by atoms with Gasteiger partial charge >= 0.3 is 0 Å². The summed E-state index contributed by atoms with van der Waals surface area (Å²) in [4.78, 5) is 12.5. The van der Waals surface area contributed by atoms with Gasteiger partial charge < -0.3 is 19.0 Å². The Hall–Kier alpha value is -1.23. The van der Waals surface area contributed by atoms with Gasteiger partial charge in [-0.25, -0.2) is 0 Å². The van der Waals surface area contributed by atoms with Crippen LogP contribution in [0.3, 0.4) is 0 Å². The quantitative estimate of drug-likeness (QED) is 0.671. The summed E-state index contributed by atoms with van der Waals surface area (Å²) in [5.41, 5.74) is 0.614. The lowest BCUT2D eigenvalue weighted by Gasteiger charge is -2.47. The molecule has 0 amide bonds. The Bertz CT molecular complexity index is 791. The molecule has 3 aliphatic carbocycles. The first kappa shape index (κ1) is 19.7. The van der Waals surface area contributed by atoms with Crippen LogP contribution < -0.4 is 0 Å². The SMILES string of the molecule is CC1(C)O[C@@H]2C[C@@]34C[C@H]([C@](C)(C=O)[C@@H]3CC[C@@H]4COCc3ccccc3)[C@]2(C)O1. The van der Waals surface area contributed by atoms with Crippen LogP contribution in [0.4, 0.5) is 0 Å². The highest BCUT2D eigenvalue weighted by Gasteiger charge is 2.75. The molecule has 3 saturated carbocycles. The number of rotatable bonds is 5. The van der Waals surface area contributed by atoms with Crippen LogP contribution in [0.25, 0.3) is 0 Å². The molecule has 2 bridgehead atoms. The minimum atomic E-state index is -0.586. The predicted octanol–water partition coefficient (Wildman–Crippen LogP) is 4.75. The molecule has 7 atom stereocenters. The number of carbonyl (C=O) groups excluding carboxylic acids is 1. The largest absolute Gasteiger partial charge is 0.376 e. The number of carbonyl (C=O) groups is 1. The summed E-state index contributed by atoms with van der Waals surface area (Å²) in [5.74, 6) is 0.505. The zero-order valence-electron chi connectivity index (χ0n) is 18.1. The third-order valence-electron chi connectivity index (χ3n) is 8.87. The fourth-order valence-corrected chi connectivity index (χ4v) is 7.79. The third-order valence-corrected chi connectivity index (χ3v) is 8.87. The van der Waals surface area contributed by atoms with Gasteiger partial charge in [0.25, 0.3) is 0 Å². The summed E-state index contributed by atoms with van der Waals surface area (Å²) in [5, 5.41) is 0. The van der Waals surface area contributed by atoms with Crippen molar-refractivity contribution in [3.05, 3.63) is 35.9 Å². The van der Waals surface area contributed by atoms with E-state index in [0.717, 1.165) is 32.3 Å². The molecule has 4 heteroatoms. The van der Waals surface area contributed by atoms with E-state index in [1.54, 1.807) is 0 Å². The van der Waals surface area contributed by atoms with Gasteiger partial charge in [0.2, 0.25) is 0 Å². The maximum Gasteiger partial charge on any atom is 0.164 e. The second-order valence-electron chi connectivity index (χ2n) is 10.8. The molecule has 1 saturated heterocycles. The van der Waals surface area contributed by atoms with Gasteiger partial charge in [0.15, 0.2) is 5.79 Å². The van der Waals surface area contributed by atoms with Crippen molar-refractivity contribution < 1.29 is 19.0 Å². The van der Waals surface area contributed by atoms with E-state index >= 15 is 0 Å². The van der Waals surface area contributed by atoms with E-state index in [1.807, 2.05) is 19.9 Å². The van der Waals surface area contributed by atoms with Crippen LogP contribution in [0.2, 0.25) is 0 Å². The molecule has 158 valence electrons. The van der Waals surface area contributed by atoms with Gasteiger partial charge in [-0.1, -0.05) is 37.3 Å². The molecule has 5 rings (SSSR count). The lowest BCUT2D eigenvalue weighted by Crippen LogP contribution is -2.53. The molecular weight excluding hydrogens is 364 g/mol. The van der Waals surface area contributed by atoms with Gasteiger partial charge in [0.05, 0.1) is 24.9 Å². The van der Waals surface area contributed by atoms with Crippen LogP contribution in [0.5, 0.6) is 0 Å². The summed E-state index contributed by atoms with van der Waals surface area (Å²) in [7, 11) is 0. The molecule has 0 radical (unpaired) electrons. The van der Waals surface area contributed by atoms with E-state index in [9.17, 15) is 4.79 Å². The van der Waals surface area contributed by atoms with Gasteiger partial charge in [-0.05, 0) is 69.3 Å². The fourth-order valence-electron chi connectivity index (χ4n) is 7.79. The van der Waals surface area contributed by atoms with E-state index in [4.69, 9.17) is 14.2 Å². The molecule has 1 heterocycles. The molecule has 1 aromatic rings. The van der Waals surface area contributed by atoms with E-state index in [0.29, 0.717) is 18.4 Å². The van der Waals surface area contributed by atoms with E-state index in [1.165, 1.54) is 11.8 Å². The van der Waals surface area contributed by atoms with Crippen LogP contribution in [0.1, 0.15) is 58.9 Å². The maximum absolute atomic E-state index is 12.5. The molecular formula is C25H34O4. The van der Waals surface area contributed by atoms with Crippen molar-refractivity contribution in [2.45, 2.75) is 77.5 Å². The highest BCUT2D eigenvalue weighted by molar-refractivity contribution is 5.63. The average Bonchev–Trinajstić information content (AvgIpc) is 3.23. The van der Waals surface area contributed by atoms with Crippen LogP contribution in [-0.2, 0) is 25.6 Å². The smallest absolute Gasteiger partial charge is 0.164 e. The van der Waals surface area contributed by atoms with Gasteiger partial charge in [-0.3, -0.25) is 0 Å². The Kier molecular flexibility index (Phi) is 4.34. The molecule has 4 nitrogen and oxygen atoms in total. The minimum Gasteiger partial charge on any atom is -0.376 e. The summed E-state index contributed by atoms with van der Waals surface area (Å²) in [6, 6.07) is 10.4. The Balaban J connectivity index is 1.41. The van der Waals surface area contributed by atoms with Crippen LogP contribution >= 0.6 is 0 Å². The van der Waals surface area contributed by atoms with Gasteiger partial charge in [0, 0.05) is 11.3 Å². The normalized spacial score (nSPS) is 47.0. The molecule has 4 aliphatic rings. The van der Waals surface area contributed by atoms with Crippen molar-refractivity contribution in [2.24, 2.45) is 28.6 Å². The lowest BCUT2D eigenvalue weighted by molar-refractivity contribution is -0.178. The zero-order valence-corrected chi connectivity index (χ0v) is 18.1. The number of hydrogen-bond acceptors (Lipinski definition) is 4. The number of aldehydes is 1. The summed E-state index contributed by atoms with van der Waals surface area (Å²) in [6.45, 7) is 9.81. The molecule has 29 heavy (non-hydrogen) atoms. The number of fused-ring (bicyclic) bond motifs is 3. The van der Waals surface area contributed by atoms with Crippen molar-refractivity contribution in [1.82, 2.24) is 0 Å². The van der Waals surface area contributed by atoms with Crippen molar-refractivity contribution >= 4 is 6.29 Å². The predicted molar refractivity (Wildman–Crippen MR) is 110 cm³/mol. The molecule has 1 aliphatic heterocycles. The molecule has 1 aromatic carbocycles. The summed E-state index contributed by atoms with van der Waals surface area (Å²) < 4.78 is 19.1. The van der Waals surface area contributed by atoms with Crippen LogP contribution in [-0.4, -0.2) is 30.4 Å². The van der Waals surface area contributed by atoms with E-state index in [-0.39, 0.29) is 28.5 Å². The number of benzene rings is 1. The van der Waals surface area contributed by atoms with Crippen molar-refractivity contribution in [3.8, 4) is 0 Å². The van der Waals surface area contributed by atoms with Gasteiger partial charge in [-0.2, -0.15) is 0 Å². The van der Waals surface area contributed by atoms with E-state index < -0.39 is 5.79 Å². The Morgan fingerprint density at radius 2 is 1.83 bits per heavy atom. The molecule has 0 unspecified atom stereocenters. The van der Waals surface area contributed by atoms with Crippen LogP contribution in [0, 0.1) is 28.6 Å². The van der Waals surface area contributed by atoms with Crippen molar-refractivity contribution in [1.29, 1.82) is 0 Å². The third kappa shape index (κ3) is 2.72. The topological polar surface area (TPSA) is 44.8 Å². The van der Waals surface area contributed by atoms with Gasteiger partial charge in [-0.15, -0.1) is 0 Å². The number of hydrogen-bond donors (Lipinski definition) is 0. The maximum atomic E-state index is 12.5. The number of ether oxygens (including phenoxy) is 3. The fraction of sp³-hybridized carbons (Fsp3) is 0.720. The van der Waals surface area contributed by atoms with Gasteiger partial charge in [0.1, 0.15) is 6.29 Å². The second kappa shape index (κ2) is 6.38. The molecule has 4 fully saturated rings. The first-order chi connectivity index (χ1) is 13.7. The Morgan fingerprint density at radius 1 is 1.07 bits per heavy atom. The molecule has 0 N–H and O–H groups in total. The Morgan fingerprint density at radius 3 is 2.55 bits per heavy atom. The first-order valence-corrected chi connectivity index (χ1v) is 11.2. The standard InChI is InChI=1S/C25H34O4/c1-22(2)28-21-13-25-12-20(24(21,4)29-22)23(3,16-26)19(25)11-10-18(25)15-27-14-17-8-6-5-7-9-17/h5-9,16,18-21H,10-15H2,1-4H3/t18-,19+,20-,21-,23-,24+,25-/m1/s1. The molecule has 0 aromatic heterocycles. The lowest BCUT2D eigenvalue weighted by atomic mass is 9.62. The van der Waals surface area contributed by atoms with Crippen LogP contribution in [0.15, 0.2) is 30.3 Å². The average molecular weight is 399 g/mol. The monoisotopic (exact) mass is 398 g/mol. The minimum absolute atomic E-state index is 0.0512. The molecule has 1 spiro atoms. The highest BCUT2D eigenvalue weighted by atomic mass is 16.8. The second-order valence-corrected chi connectivity index (χ2v) is 10.8. The Labute approximate surface area is 174 Å². The van der Waals surface area contributed by atoms with Crippen molar-refractivity contribution in [2.75, 3.05) is 6.61 Å². The summed E-state index contributed by atoms with van der Waals surface area (Å²) >= 11 is 0. The highest BCUT2D eigenvalue weighted by Crippen LogP contribution is 2.74.